The van der Waals surface area contributed by atoms with Crippen LogP contribution in [-0.2, 0) is 25.8 Å². The molecule has 0 radical (unpaired) electrons. The van der Waals surface area contributed by atoms with Crippen LogP contribution in [0.2, 0.25) is 0 Å². The number of aliphatic carboxylic acids is 1. The van der Waals surface area contributed by atoms with E-state index in [0.29, 0.717) is 5.23 Å². The van der Waals surface area contributed by atoms with Crippen LogP contribution < -0.4 is 0 Å². The van der Waals surface area contributed by atoms with E-state index in [-0.39, 0.29) is 6.61 Å². The minimum Gasteiger partial charge on any atom is -0.480 e. The smallest absolute Gasteiger partial charge is 0.480 e. The van der Waals surface area contributed by atoms with Crippen molar-refractivity contribution >= 4 is 12.1 Å². The van der Waals surface area contributed by atoms with Crippen molar-refractivity contribution < 1.29 is 34.2 Å². The van der Waals surface area contributed by atoms with Crippen molar-refractivity contribution in [3.63, 3.8) is 0 Å². The first-order valence-corrected chi connectivity index (χ1v) is 6.93. The highest BCUT2D eigenvalue weighted by Gasteiger charge is 2.32. The third-order valence-electron chi connectivity index (χ3n) is 2.47. The molecule has 0 aliphatic rings. The largest absolute Gasteiger partial charge is 0.530 e. The Hall–Kier alpha value is -2.16. The van der Waals surface area contributed by atoms with Crippen molar-refractivity contribution in [3.05, 3.63) is 35.9 Å². The molecule has 0 amide bonds. The second-order valence-corrected chi connectivity index (χ2v) is 5.64. The molecule has 8 heteroatoms. The van der Waals surface area contributed by atoms with E-state index in [1.165, 1.54) is 0 Å². The van der Waals surface area contributed by atoms with E-state index in [2.05, 4.69) is 0 Å². The fourth-order valence-electron chi connectivity index (χ4n) is 1.47. The van der Waals surface area contributed by atoms with Gasteiger partial charge in [0, 0.05) is 5.23 Å². The van der Waals surface area contributed by atoms with Crippen molar-refractivity contribution in [3.8, 4) is 0 Å². The second-order valence-electron chi connectivity index (χ2n) is 5.64. The number of carboxylic acid groups (broad SMARTS) is 1. The van der Waals surface area contributed by atoms with E-state index in [1.807, 2.05) is 6.07 Å². The van der Waals surface area contributed by atoms with Crippen molar-refractivity contribution in [1.29, 1.82) is 0 Å². The molecule has 0 saturated heterocycles. The molecule has 1 atom stereocenters. The molecular weight excluding hydrogens is 306 g/mol. The summed E-state index contributed by atoms with van der Waals surface area (Å²) in [6, 6.07) is 7.29. The number of nitrogens with zero attached hydrogens (tertiary/aromatic N) is 1. The van der Waals surface area contributed by atoms with E-state index in [4.69, 9.17) is 19.5 Å². The molecule has 8 nitrogen and oxygen atoms in total. The fourth-order valence-corrected chi connectivity index (χ4v) is 1.47. The Bertz CT molecular complexity index is 512. The van der Waals surface area contributed by atoms with Crippen molar-refractivity contribution in [2.75, 3.05) is 6.61 Å². The normalized spacial score (nSPS) is 12.7. The van der Waals surface area contributed by atoms with Crippen LogP contribution in [0.1, 0.15) is 26.3 Å². The molecule has 0 fully saturated rings. The third kappa shape index (κ3) is 7.09. The van der Waals surface area contributed by atoms with Gasteiger partial charge in [0.2, 0.25) is 0 Å². The van der Waals surface area contributed by atoms with E-state index >= 15 is 0 Å². The average Bonchev–Trinajstić information content (AvgIpc) is 2.44. The quantitative estimate of drug-likeness (QED) is 0.576. The number of ether oxygens (including phenoxy) is 1. The molecule has 0 bridgehead atoms. The third-order valence-corrected chi connectivity index (χ3v) is 2.47. The van der Waals surface area contributed by atoms with Crippen molar-refractivity contribution in [1.82, 2.24) is 5.23 Å². The zero-order valence-electron chi connectivity index (χ0n) is 13.3. The Kier molecular flexibility index (Phi) is 6.95. The van der Waals surface area contributed by atoms with Crippen LogP contribution in [0.5, 0.6) is 0 Å². The number of hydrogen-bond donors (Lipinski definition) is 2. The molecule has 1 aromatic carbocycles. The van der Waals surface area contributed by atoms with Crippen LogP contribution in [0.25, 0.3) is 0 Å². The highest BCUT2D eigenvalue weighted by Crippen LogP contribution is 2.12. The second kappa shape index (κ2) is 8.47. The Balaban J connectivity index is 2.76. The summed E-state index contributed by atoms with van der Waals surface area (Å²) in [6.07, 6.45) is -1.13. The lowest BCUT2D eigenvalue weighted by atomic mass is 10.2. The van der Waals surface area contributed by atoms with Crippen LogP contribution in [0.4, 0.5) is 4.79 Å². The SMILES string of the molecule is CC(C)(C)OC(=O)ON(OCc1ccccc1)[C@@H](CO)C(=O)O. The maximum Gasteiger partial charge on any atom is 0.530 e. The lowest BCUT2D eigenvalue weighted by Gasteiger charge is -2.26. The van der Waals surface area contributed by atoms with Crippen LogP contribution in [0.3, 0.4) is 0 Å². The molecule has 0 saturated carbocycles. The number of hydroxylamine groups is 2. The summed E-state index contributed by atoms with van der Waals surface area (Å²) < 4.78 is 4.94. The van der Waals surface area contributed by atoms with Gasteiger partial charge in [-0.25, -0.2) is 4.79 Å². The summed E-state index contributed by atoms with van der Waals surface area (Å²) >= 11 is 0. The van der Waals surface area contributed by atoms with Crippen molar-refractivity contribution in [2.24, 2.45) is 0 Å². The Morgan fingerprint density at radius 1 is 1.22 bits per heavy atom. The molecule has 0 aromatic heterocycles. The van der Waals surface area contributed by atoms with Gasteiger partial charge in [-0.15, -0.1) is 0 Å². The molecule has 2 N–H and O–H groups in total. The summed E-state index contributed by atoms with van der Waals surface area (Å²) in [5.74, 6) is -1.41. The van der Waals surface area contributed by atoms with E-state index < -0.39 is 30.4 Å². The van der Waals surface area contributed by atoms with Crippen molar-refractivity contribution in [2.45, 2.75) is 39.0 Å². The van der Waals surface area contributed by atoms with Gasteiger partial charge < -0.3 is 19.8 Å². The summed E-state index contributed by atoms with van der Waals surface area (Å²) in [7, 11) is 0. The lowest BCUT2D eigenvalue weighted by molar-refractivity contribution is -0.368. The summed E-state index contributed by atoms with van der Waals surface area (Å²) in [4.78, 5) is 32.8. The number of carbonyl (C=O) groups is 2. The lowest BCUT2D eigenvalue weighted by Crippen LogP contribution is -2.45. The summed E-state index contributed by atoms with van der Waals surface area (Å²) in [6.45, 7) is 4.03. The predicted octanol–water partition coefficient (Wildman–Crippen LogP) is 1.73. The van der Waals surface area contributed by atoms with E-state index in [9.17, 15) is 14.7 Å². The zero-order chi connectivity index (χ0) is 17.5. The first kappa shape index (κ1) is 18.9. The van der Waals surface area contributed by atoms with Crippen LogP contribution in [-0.4, -0.2) is 45.8 Å². The van der Waals surface area contributed by atoms with Gasteiger partial charge in [-0.3, -0.25) is 9.63 Å². The predicted molar refractivity (Wildman–Crippen MR) is 78.9 cm³/mol. The van der Waals surface area contributed by atoms with Gasteiger partial charge in [-0.1, -0.05) is 30.3 Å². The van der Waals surface area contributed by atoms with Gasteiger partial charge in [0.1, 0.15) is 5.60 Å². The maximum atomic E-state index is 11.7. The number of aliphatic hydroxyl groups excluding tert-OH is 1. The summed E-state index contributed by atoms with van der Waals surface area (Å²) in [5, 5.41) is 18.7. The number of rotatable bonds is 7. The molecule has 128 valence electrons. The molecule has 0 aliphatic heterocycles. The Morgan fingerprint density at radius 3 is 2.30 bits per heavy atom. The highest BCUT2D eigenvalue weighted by atomic mass is 17.0. The first-order valence-electron chi connectivity index (χ1n) is 6.93. The van der Waals surface area contributed by atoms with E-state index in [0.717, 1.165) is 5.56 Å². The first-order chi connectivity index (χ1) is 10.7. The highest BCUT2D eigenvalue weighted by molar-refractivity contribution is 5.73. The molecule has 0 aliphatic carbocycles. The molecule has 1 aromatic rings. The number of aliphatic hydroxyl groups is 1. The van der Waals surface area contributed by atoms with Gasteiger partial charge in [-0.2, -0.15) is 0 Å². The van der Waals surface area contributed by atoms with E-state index in [1.54, 1.807) is 45.0 Å². The molecule has 0 spiro atoms. The topological polar surface area (TPSA) is 106 Å². The number of carboxylic acids is 1. The van der Waals surface area contributed by atoms with Gasteiger partial charge in [0.15, 0.2) is 6.04 Å². The number of hydrogen-bond acceptors (Lipinski definition) is 7. The standard InChI is InChI=1S/C15H21NO7/c1-15(2,3)22-14(20)23-16(12(9-17)13(18)19)21-10-11-7-5-4-6-8-11/h4-8,12,17H,9-10H2,1-3H3,(H,18,19)/t12-/m0/s1. The van der Waals surface area contributed by atoms with Crippen LogP contribution >= 0.6 is 0 Å². The summed E-state index contributed by atoms with van der Waals surface area (Å²) in [5.41, 5.74) is -0.0903. The Morgan fingerprint density at radius 2 is 1.83 bits per heavy atom. The molecule has 0 unspecified atom stereocenters. The van der Waals surface area contributed by atoms with Gasteiger partial charge in [0.05, 0.1) is 13.2 Å². The minimum atomic E-state index is -1.58. The molecule has 23 heavy (non-hydrogen) atoms. The van der Waals surface area contributed by atoms with Gasteiger partial charge in [-0.05, 0) is 26.3 Å². The number of benzene rings is 1. The van der Waals surface area contributed by atoms with Crippen LogP contribution in [0, 0.1) is 0 Å². The molecule has 1 rings (SSSR count). The zero-order valence-corrected chi connectivity index (χ0v) is 13.3. The van der Waals surface area contributed by atoms with Gasteiger partial charge in [0.25, 0.3) is 0 Å². The maximum absolute atomic E-state index is 11.7. The number of carbonyl (C=O) groups excluding carboxylic acids is 1. The Labute approximate surface area is 134 Å². The molecular formula is C15H21NO7. The molecule has 0 heterocycles. The van der Waals surface area contributed by atoms with Crippen LogP contribution in [0.15, 0.2) is 30.3 Å². The minimum absolute atomic E-state index is 0.0482. The fraction of sp³-hybridized carbons (Fsp3) is 0.467. The average molecular weight is 327 g/mol. The monoisotopic (exact) mass is 327 g/mol. The van der Waals surface area contributed by atoms with Gasteiger partial charge >= 0.3 is 12.1 Å².